The Bertz CT molecular complexity index is 828. The average molecular weight is 385 g/mol. The number of aromatic nitrogens is 1. The second-order valence-corrected chi connectivity index (χ2v) is 8.30. The number of ether oxygens (including phenoxy) is 2. The number of carbonyl (C=O) groups is 2. The van der Waals surface area contributed by atoms with Crippen LogP contribution in [0.3, 0.4) is 0 Å². The predicted molar refractivity (Wildman–Crippen MR) is 102 cm³/mol. The van der Waals surface area contributed by atoms with Crippen molar-refractivity contribution in [3.05, 3.63) is 47.0 Å². The topological polar surface area (TPSA) is 65.5 Å². The van der Waals surface area contributed by atoms with Gasteiger partial charge in [0.25, 0.3) is 5.19 Å². The van der Waals surface area contributed by atoms with Crippen molar-refractivity contribution in [3.63, 3.8) is 0 Å². The third-order valence-electron chi connectivity index (χ3n) is 5.99. The Balaban J connectivity index is 1.67. The van der Waals surface area contributed by atoms with Gasteiger partial charge in [0.2, 0.25) is 0 Å². The number of rotatable bonds is 5. The number of esters is 2. The van der Waals surface area contributed by atoms with E-state index >= 15 is 0 Å². The molecule has 27 heavy (non-hydrogen) atoms. The minimum Gasteiger partial charge on any atom is -0.465 e. The summed E-state index contributed by atoms with van der Waals surface area (Å²) in [5.41, 5.74) is 0.630. The molecule has 0 saturated heterocycles. The molecule has 0 radical (unpaired) electrons. The van der Waals surface area contributed by atoms with Gasteiger partial charge in [-0.3, -0.25) is 4.79 Å². The number of benzene rings is 1. The molecular weight excluding hydrogens is 362 g/mol. The summed E-state index contributed by atoms with van der Waals surface area (Å²) >= 11 is 1.31. The molecule has 2 aliphatic carbocycles. The highest BCUT2D eigenvalue weighted by atomic mass is 32.1. The van der Waals surface area contributed by atoms with Crippen molar-refractivity contribution in [1.29, 1.82) is 0 Å². The molecule has 1 aromatic carbocycles. The molecule has 2 saturated carbocycles. The summed E-state index contributed by atoms with van der Waals surface area (Å²) in [5.74, 6) is 0.146. The molecular formula is C21H23NO4S. The smallest absolute Gasteiger partial charge is 0.337 e. The van der Waals surface area contributed by atoms with Crippen LogP contribution in [0.2, 0.25) is 0 Å². The number of methoxy groups -OCH3 is 1. The lowest BCUT2D eigenvalue weighted by atomic mass is 9.80. The number of nitrogens with zero attached hydrogens (tertiary/aromatic N) is 1. The fraction of sp³-hybridized carbons (Fsp3) is 0.476. The van der Waals surface area contributed by atoms with Crippen LogP contribution in [-0.2, 0) is 14.9 Å². The third-order valence-corrected chi connectivity index (χ3v) is 6.63. The van der Waals surface area contributed by atoms with Gasteiger partial charge in [-0.1, -0.05) is 55.6 Å². The van der Waals surface area contributed by atoms with E-state index in [-0.39, 0.29) is 11.9 Å². The summed E-state index contributed by atoms with van der Waals surface area (Å²) in [6, 6.07) is 7.25. The van der Waals surface area contributed by atoms with Gasteiger partial charge in [-0.15, -0.1) is 0 Å². The largest absolute Gasteiger partial charge is 0.465 e. The molecule has 6 heteroatoms. The summed E-state index contributed by atoms with van der Waals surface area (Å²) in [6.45, 7) is 0. The second-order valence-electron chi connectivity index (χ2n) is 7.44. The lowest BCUT2D eigenvalue weighted by molar-refractivity contribution is -0.138. The quantitative estimate of drug-likeness (QED) is 0.715. The fourth-order valence-corrected chi connectivity index (χ4v) is 5.03. The van der Waals surface area contributed by atoms with E-state index in [1.54, 1.807) is 23.7 Å². The maximum atomic E-state index is 13.2. The molecule has 5 nitrogen and oxygen atoms in total. The van der Waals surface area contributed by atoms with E-state index in [4.69, 9.17) is 9.47 Å². The van der Waals surface area contributed by atoms with Crippen LogP contribution in [0.15, 0.2) is 35.8 Å². The molecule has 0 bridgehead atoms. The Morgan fingerprint density at radius 1 is 1.22 bits per heavy atom. The molecule has 4 rings (SSSR count). The van der Waals surface area contributed by atoms with Gasteiger partial charge < -0.3 is 9.47 Å². The SMILES string of the molecule is COC(=O)c1cccc(C2(C(=O)Oc3nccs3)CC2C2CCCCC2)c1. The Morgan fingerprint density at radius 2 is 2.04 bits per heavy atom. The van der Waals surface area contributed by atoms with Gasteiger partial charge >= 0.3 is 11.9 Å². The van der Waals surface area contributed by atoms with Crippen molar-refractivity contribution < 1.29 is 19.1 Å². The summed E-state index contributed by atoms with van der Waals surface area (Å²) in [4.78, 5) is 29.3. The van der Waals surface area contributed by atoms with Crippen molar-refractivity contribution >= 4 is 23.3 Å². The van der Waals surface area contributed by atoms with E-state index in [1.165, 1.54) is 37.7 Å². The monoisotopic (exact) mass is 385 g/mol. The first-order valence-electron chi connectivity index (χ1n) is 9.46. The van der Waals surface area contributed by atoms with Crippen LogP contribution in [-0.4, -0.2) is 24.0 Å². The lowest BCUT2D eigenvalue weighted by Gasteiger charge is -2.25. The zero-order chi connectivity index (χ0) is 18.9. The van der Waals surface area contributed by atoms with Gasteiger partial charge in [0.05, 0.1) is 18.1 Å². The summed E-state index contributed by atoms with van der Waals surface area (Å²) in [5, 5.41) is 2.16. The maximum absolute atomic E-state index is 13.2. The molecule has 0 spiro atoms. The fourth-order valence-electron chi connectivity index (χ4n) is 4.55. The third kappa shape index (κ3) is 3.38. The van der Waals surface area contributed by atoms with Gasteiger partial charge in [-0.25, -0.2) is 9.78 Å². The van der Waals surface area contributed by atoms with Crippen LogP contribution in [0.25, 0.3) is 0 Å². The summed E-state index contributed by atoms with van der Waals surface area (Å²) in [7, 11) is 1.36. The molecule has 2 aliphatic rings. The van der Waals surface area contributed by atoms with E-state index < -0.39 is 11.4 Å². The van der Waals surface area contributed by atoms with Gasteiger partial charge in [-0.05, 0) is 36.0 Å². The van der Waals surface area contributed by atoms with Crippen molar-refractivity contribution in [2.75, 3.05) is 7.11 Å². The molecule has 1 heterocycles. The Labute approximate surface area is 162 Å². The molecule has 0 amide bonds. The molecule has 0 N–H and O–H groups in total. The van der Waals surface area contributed by atoms with Crippen LogP contribution < -0.4 is 4.74 Å². The lowest BCUT2D eigenvalue weighted by Crippen LogP contribution is -2.30. The molecule has 2 fully saturated rings. The zero-order valence-electron chi connectivity index (χ0n) is 15.3. The highest BCUT2D eigenvalue weighted by Crippen LogP contribution is 2.61. The van der Waals surface area contributed by atoms with Crippen LogP contribution in [0.1, 0.15) is 54.4 Å². The first-order chi connectivity index (χ1) is 13.1. The highest BCUT2D eigenvalue weighted by molar-refractivity contribution is 7.11. The minimum atomic E-state index is -0.683. The summed E-state index contributed by atoms with van der Waals surface area (Å²) in [6.07, 6.45) is 8.44. The minimum absolute atomic E-state index is 0.255. The highest BCUT2D eigenvalue weighted by Gasteiger charge is 2.64. The van der Waals surface area contributed by atoms with Crippen LogP contribution in [0.5, 0.6) is 5.19 Å². The van der Waals surface area contributed by atoms with E-state index in [9.17, 15) is 9.59 Å². The standard InChI is InChI=1S/C21H23NO4S/c1-25-18(23)15-8-5-9-16(12-15)21(19(24)26-20-22-10-11-27-20)13-17(21)14-6-3-2-4-7-14/h5,8-12,14,17H,2-4,6-7,13H2,1H3. The van der Waals surface area contributed by atoms with E-state index in [1.807, 2.05) is 12.1 Å². The molecule has 2 unspecified atom stereocenters. The first-order valence-corrected chi connectivity index (χ1v) is 10.3. The van der Waals surface area contributed by atoms with Gasteiger partial charge in [0.1, 0.15) is 0 Å². The molecule has 2 atom stereocenters. The van der Waals surface area contributed by atoms with Crippen molar-refractivity contribution in [2.45, 2.75) is 43.9 Å². The van der Waals surface area contributed by atoms with Crippen LogP contribution in [0.4, 0.5) is 0 Å². The Kier molecular flexibility index (Phi) is 5.00. The average Bonchev–Trinajstić information content (AvgIpc) is 3.29. The van der Waals surface area contributed by atoms with Crippen molar-refractivity contribution in [2.24, 2.45) is 11.8 Å². The van der Waals surface area contributed by atoms with Gasteiger partial charge in [0.15, 0.2) is 0 Å². The number of carbonyl (C=O) groups excluding carboxylic acids is 2. The van der Waals surface area contributed by atoms with Crippen molar-refractivity contribution in [3.8, 4) is 5.19 Å². The van der Waals surface area contributed by atoms with Crippen molar-refractivity contribution in [1.82, 2.24) is 4.98 Å². The maximum Gasteiger partial charge on any atom is 0.337 e. The zero-order valence-corrected chi connectivity index (χ0v) is 16.2. The molecule has 1 aromatic heterocycles. The number of hydrogen-bond donors (Lipinski definition) is 0. The number of hydrogen-bond acceptors (Lipinski definition) is 6. The second kappa shape index (κ2) is 7.43. The van der Waals surface area contributed by atoms with Gasteiger partial charge in [-0.2, -0.15) is 0 Å². The number of thiazole rings is 1. The first kappa shape index (κ1) is 18.2. The predicted octanol–water partition coefficient (Wildman–Crippen LogP) is 4.37. The normalized spacial score (nSPS) is 25.0. The van der Waals surface area contributed by atoms with E-state index in [2.05, 4.69) is 4.98 Å². The Hall–Kier alpha value is -2.21. The van der Waals surface area contributed by atoms with Crippen LogP contribution in [0, 0.1) is 11.8 Å². The van der Waals surface area contributed by atoms with E-state index in [0.29, 0.717) is 16.7 Å². The molecule has 2 aromatic rings. The van der Waals surface area contributed by atoms with E-state index in [0.717, 1.165) is 24.8 Å². The molecule has 0 aliphatic heterocycles. The summed E-state index contributed by atoms with van der Waals surface area (Å²) < 4.78 is 10.5. The van der Waals surface area contributed by atoms with Crippen LogP contribution >= 0.6 is 11.3 Å². The molecule has 142 valence electrons. The Morgan fingerprint density at radius 3 is 2.74 bits per heavy atom. The van der Waals surface area contributed by atoms with Gasteiger partial charge in [0, 0.05) is 11.6 Å².